The standard InChI is InChI=1S/C17H22N2O3/c1-3-18-13(2)11-19-17(20)16-14(9-10-21-16)12-22-15-7-5-4-6-8-15/h4-10,13,18H,3,11-12H2,1-2H3,(H,19,20)/t13-/m1/s1. The molecule has 2 aromatic rings. The average Bonchev–Trinajstić information content (AvgIpc) is 3.00. The lowest BCUT2D eigenvalue weighted by atomic mass is 10.2. The van der Waals surface area contributed by atoms with Crippen molar-refractivity contribution in [3.63, 3.8) is 0 Å². The van der Waals surface area contributed by atoms with Crippen molar-refractivity contribution in [2.45, 2.75) is 26.5 Å². The molecule has 2 rings (SSSR count). The van der Waals surface area contributed by atoms with Crippen molar-refractivity contribution >= 4 is 5.91 Å². The topological polar surface area (TPSA) is 63.5 Å². The molecule has 0 aliphatic rings. The number of carbonyl (C=O) groups is 1. The summed E-state index contributed by atoms with van der Waals surface area (Å²) in [4.78, 5) is 12.2. The largest absolute Gasteiger partial charge is 0.489 e. The van der Waals surface area contributed by atoms with Crippen molar-refractivity contribution in [1.82, 2.24) is 10.6 Å². The van der Waals surface area contributed by atoms with Gasteiger partial charge in [0.25, 0.3) is 5.91 Å². The minimum absolute atomic E-state index is 0.216. The van der Waals surface area contributed by atoms with E-state index in [1.165, 1.54) is 6.26 Å². The molecule has 5 heteroatoms. The molecule has 22 heavy (non-hydrogen) atoms. The van der Waals surface area contributed by atoms with Gasteiger partial charge in [-0.3, -0.25) is 4.79 Å². The fraction of sp³-hybridized carbons (Fsp3) is 0.353. The fourth-order valence-electron chi connectivity index (χ4n) is 2.07. The minimum Gasteiger partial charge on any atom is -0.489 e. The molecule has 118 valence electrons. The number of para-hydroxylation sites is 1. The van der Waals surface area contributed by atoms with Gasteiger partial charge in [0.15, 0.2) is 5.76 Å². The summed E-state index contributed by atoms with van der Waals surface area (Å²) in [6.07, 6.45) is 1.51. The van der Waals surface area contributed by atoms with Crippen molar-refractivity contribution in [3.8, 4) is 5.75 Å². The Hall–Kier alpha value is -2.27. The van der Waals surface area contributed by atoms with Gasteiger partial charge in [0, 0.05) is 18.2 Å². The number of rotatable bonds is 8. The van der Waals surface area contributed by atoms with Crippen LogP contribution in [0.15, 0.2) is 47.1 Å². The maximum Gasteiger partial charge on any atom is 0.287 e. The lowest BCUT2D eigenvalue weighted by molar-refractivity contribution is 0.0919. The summed E-state index contributed by atoms with van der Waals surface area (Å²) in [6, 6.07) is 11.4. The van der Waals surface area contributed by atoms with E-state index in [0.717, 1.165) is 17.9 Å². The van der Waals surface area contributed by atoms with E-state index in [1.807, 2.05) is 44.2 Å². The maximum absolute atomic E-state index is 12.2. The first-order chi connectivity index (χ1) is 10.7. The van der Waals surface area contributed by atoms with Gasteiger partial charge in [-0.15, -0.1) is 0 Å². The van der Waals surface area contributed by atoms with Crippen LogP contribution in [0.3, 0.4) is 0 Å². The Labute approximate surface area is 130 Å². The summed E-state index contributed by atoms with van der Waals surface area (Å²) in [7, 11) is 0. The predicted molar refractivity (Wildman–Crippen MR) is 85.0 cm³/mol. The SMILES string of the molecule is CCN[C@H](C)CNC(=O)c1occc1COc1ccccc1. The Morgan fingerprint density at radius 2 is 2.05 bits per heavy atom. The van der Waals surface area contributed by atoms with Crippen molar-refractivity contribution in [2.24, 2.45) is 0 Å². The summed E-state index contributed by atoms with van der Waals surface area (Å²) in [5.74, 6) is 0.844. The summed E-state index contributed by atoms with van der Waals surface area (Å²) in [6.45, 7) is 5.77. The highest BCUT2D eigenvalue weighted by Crippen LogP contribution is 2.15. The van der Waals surface area contributed by atoms with Crippen LogP contribution < -0.4 is 15.4 Å². The molecule has 0 spiro atoms. The van der Waals surface area contributed by atoms with Crippen LogP contribution in [0.5, 0.6) is 5.75 Å². The first-order valence-electron chi connectivity index (χ1n) is 7.46. The number of nitrogens with one attached hydrogen (secondary N) is 2. The van der Waals surface area contributed by atoms with Gasteiger partial charge in [0.2, 0.25) is 0 Å². The highest BCUT2D eigenvalue weighted by molar-refractivity contribution is 5.92. The monoisotopic (exact) mass is 302 g/mol. The first-order valence-corrected chi connectivity index (χ1v) is 7.46. The van der Waals surface area contributed by atoms with Crippen LogP contribution in [0.1, 0.15) is 30.0 Å². The molecule has 1 aromatic carbocycles. The molecule has 0 unspecified atom stereocenters. The second-order valence-corrected chi connectivity index (χ2v) is 5.05. The van der Waals surface area contributed by atoms with Gasteiger partial charge < -0.3 is 19.8 Å². The molecule has 0 radical (unpaired) electrons. The van der Waals surface area contributed by atoms with Crippen molar-refractivity contribution in [3.05, 3.63) is 54.0 Å². The van der Waals surface area contributed by atoms with E-state index in [0.29, 0.717) is 18.9 Å². The Balaban J connectivity index is 1.90. The second-order valence-electron chi connectivity index (χ2n) is 5.05. The van der Waals surface area contributed by atoms with E-state index in [2.05, 4.69) is 10.6 Å². The van der Waals surface area contributed by atoms with Crippen LogP contribution in [0.2, 0.25) is 0 Å². The molecule has 0 saturated carbocycles. The number of hydrogen-bond donors (Lipinski definition) is 2. The van der Waals surface area contributed by atoms with E-state index in [4.69, 9.17) is 9.15 Å². The van der Waals surface area contributed by atoms with Gasteiger partial charge in [-0.25, -0.2) is 0 Å². The van der Waals surface area contributed by atoms with E-state index in [1.54, 1.807) is 6.07 Å². The Morgan fingerprint density at radius 1 is 1.27 bits per heavy atom. The number of amides is 1. The smallest absolute Gasteiger partial charge is 0.287 e. The van der Waals surface area contributed by atoms with Crippen LogP contribution in [0.25, 0.3) is 0 Å². The number of furan rings is 1. The minimum atomic E-state index is -0.221. The lowest BCUT2D eigenvalue weighted by Crippen LogP contribution is -2.38. The van der Waals surface area contributed by atoms with Crippen molar-refractivity contribution in [1.29, 1.82) is 0 Å². The zero-order chi connectivity index (χ0) is 15.8. The van der Waals surface area contributed by atoms with Crippen LogP contribution in [0.4, 0.5) is 0 Å². The number of carbonyl (C=O) groups excluding carboxylic acids is 1. The summed E-state index contributed by atoms with van der Waals surface area (Å²) >= 11 is 0. The highest BCUT2D eigenvalue weighted by atomic mass is 16.5. The zero-order valence-electron chi connectivity index (χ0n) is 13.0. The highest BCUT2D eigenvalue weighted by Gasteiger charge is 2.16. The molecule has 0 fully saturated rings. The van der Waals surface area contributed by atoms with Crippen LogP contribution in [-0.4, -0.2) is 25.0 Å². The zero-order valence-corrected chi connectivity index (χ0v) is 13.0. The van der Waals surface area contributed by atoms with E-state index < -0.39 is 0 Å². The lowest BCUT2D eigenvalue weighted by Gasteiger charge is -2.13. The van der Waals surface area contributed by atoms with Crippen LogP contribution in [0, 0.1) is 0 Å². The molecule has 0 saturated heterocycles. The predicted octanol–water partition coefficient (Wildman–Crippen LogP) is 2.59. The maximum atomic E-state index is 12.2. The van der Waals surface area contributed by atoms with Gasteiger partial charge in [-0.05, 0) is 31.7 Å². The van der Waals surface area contributed by atoms with Gasteiger partial charge in [0.1, 0.15) is 12.4 Å². The van der Waals surface area contributed by atoms with E-state index in [9.17, 15) is 4.79 Å². The average molecular weight is 302 g/mol. The number of ether oxygens (including phenoxy) is 1. The van der Waals surface area contributed by atoms with Crippen LogP contribution in [-0.2, 0) is 6.61 Å². The van der Waals surface area contributed by atoms with E-state index in [-0.39, 0.29) is 11.9 Å². The fourth-order valence-corrected chi connectivity index (χ4v) is 2.07. The Bertz CT molecular complexity index is 581. The van der Waals surface area contributed by atoms with Gasteiger partial charge in [-0.2, -0.15) is 0 Å². The number of hydrogen-bond acceptors (Lipinski definition) is 4. The van der Waals surface area contributed by atoms with Crippen molar-refractivity contribution < 1.29 is 13.9 Å². The van der Waals surface area contributed by atoms with E-state index >= 15 is 0 Å². The number of benzene rings is 1. The first kappa shape index (κ1) is 16.1. The van der Waals surface area contributed by atoms with Gasteiger partial charge in [-0.1, -0.05) is 25.1 Å². The summed E-state index contributed by atoms with van der Waals surface area (Å²) < 4.78 is 10.9. The molecule has 0 aliphatic carbocycles. The Morgan fingerprint density at radius 3 is 2.77 bits per heavy atom. The molecule has 1 heterocycles. The normalized spacial score (nSPS) is 11.9. The van der Waals surface area contributed by atoms with Crippen LogP contribution >= 0.6 is 0 Å². The molecule has 1 atom stereocenters. The second kappa shape index (κ2) is 8.24. The quantitative estimate of drug-likeness (QED) is 0.787. The third kappa shape index (κ3) is 4.63. The summed E-state index contributed by atoms with van der Waals surface area (Å²) in [5, 5.41) is 6.09. The molecule has 5 nitrogen and oxygen atoms in total. The molecular formula is C17H22N2O3. The summed E-state index contributed by atoms with van der Waals surface area (Å²) in [5.41, 5.74) is 0.734. The Kier molecular flexibility index (Phi) is 6.03. The molecule has 1 amide bonds. The molecule has 2 N–H and O–H groups in total. The molecular weight excluding hydrogens is 280 g/mol. The third-order valence-electron chi connectivity index (χ3n) is 3.21. The van der Waals surface area contributed by atoms with Gasteiger partial charge in [0.05, 0.1) is 6.26 Å². The van der Waals surface area contributed by atoms with Gasteiger partial charge >= 0.3 is 0 Å². The molecule has 1 aromatic heterocycles. The van der Waals surface area contributed by atoms with Crippen molar-refractivity contribution in [2.75, 3.05) is 13.1 Å². The molecule has 0 bridgehead atoms. The number of likely N-dealkylation sites (N-methyl/N-ethyl adjacent to an activating group) is 1. The third-order valence-corrected chi connectivity index (χ3v) is 3.21. The molecule has 0 aliphatic heterocycles.